The SMILES string of the molecule is C=CCOc1cc(OCC=C)c(C(=O)c2ccc(OC)c(OC)c2)c(CC(=O)N(CCOC)CCN(C)C)c1CC. The summed E-state index contributed by atoms with van der Waals surface area (Å²) >= 11 is 0. The lowest BCUT2D eigenvalue weighted by Crippen LogP contribution is -2.40. The maximum absolute atomic E-state index is 14.2. The van der Waals surface area contributed by atoms with Crippen LogP contribution in [0, 0.1) is 0 Å². The Kier molecular flexibility index (Phi) is 13.9. The Hall–Kier alpha value is -3.82. The van der Waals surface area contributed by atoms with Crippen LogP contribution < -0.4 is 18.9 Å². The van der Waals surface area contributed by atoms with Crippen LogP contribution in [0.4, 0.5) is 0 Å². The minimum atomic E-state index is -0.311. The van der Waals surface area contributed by atoms with Gasteiger partial charge in [0.25, 0.3) is 0 Å². The topological polar surface area (TPSA) is 86.8 Å². The molecule has 224 valence electrons. The second-order valence-electron chi connectivity index (χ2n) is 9.51. The summed E-state index contributed by atoms with van der Waals surface area (Å²) in [4.78, 5) is 31.8. The molecule has 1 amide bonds. The van der Waals surface area contributed by atoms with Crippen LogP contribution in [0.1, 0.15) is 34.0 Å². The van der Waals surface area contributed by atoms with E-state index in [-0.39, 0.29) is 31.3 Å². The van der Waals surface area contributed by atoms with E-state index in [1.54, 1.807) is 48.4 Å². The second kappa shape index (κ2) is 17.1. The Balaban J connectivity index is 2.77. The van der Waals surface area contributed by atoms with Crippen LogP contribution in [0.15, 0.2) is 49.6 Å². The van der Waals surface area contributed by atoms with Gasteiger partial charge in [0.15, 0.2) is 17.3 Å². The molecule has 0 fully saturated rings. The molecule has 0 saturated heterocycles. The first kappa shape index (κ1) is 33.4. The summed E-state index contributed by atoms with van der Waals surface area (Å²) in [5.41, 5.74) is 1.99. The van der Waals surface area contributed by atoms with Gasteiger partial charge in [0.2, 0.25) is 5.91 Å². The van der Waals surface area contributed by atoms with E-state index in [0.29, 0.717) is 72.4 Å². The van der Waals surface area contributed by atoms with Crippen molar-refractivity contribution in [2.75, 3.05) is 74.9 Å². The molecular weight excluding hydrogens is 524 g/mol. The number of carbonyl (C=O) groups is 2. The molecule has 0 spiro atoms. The van der Waals surface area contributed by atoms with E-state index in [0.717, 1.165) is 5.56 Å². The van der Waals surface area contributed by atoms with Gasteiger partial charge in [-0.15, -0.1) is 0 Å². The number of hydrogen-bond acceptors (Lipinski definition) is 8. The molecule has 0 saturated carbocycles. The van der Waals surface area contributed by atoms with Crippen LogP contribution in [-0.4, -0.2) is 96.4 Å². The highest BCUT2D eigenvalue weighted by atomic mass is 16.5. The average molecular weight is 569 g/mol. The van der Waals surface area contributed by atoms with Gasteiger partial charge in [-0.2, -0.15) is 0 Å². The number of rotatable bonds is 19. The van der Waals surface area contributed by atoms with Gasteiger partial charge in [-0.05, 0) is 49.8 Å². The van der Waals surface area contributed by atoms with Crippen molar-refractivity contribution < 1.29 is 33.3 Å². The number of ether oxygens (including phenoxy) is 5. The van der Waals surface area contributed by atoms with Gasteiger partial charge in [0, 0.05) is 38.4 Å². The molecule has 0 aromatic heterocycles. The van der Waals surface area contributed by atoms with E-state index < -0.39 is 0 Å². The molecule has 0 atom stereocenters. The molecule has 2 aromatic carbocycles. The van der Waals surface area contributed by atoms with Crippen molar-refractivity contribution in [2.45, 2.75) is 19.8 Å². The van der Waals surface area contributed by atoms with Crippen molar-refractivity contribution >= 4 is 11.7 Å². The third-order valence-corrected chi connectivity index (χ3v) is 6.47. The number of nitrogens with zero attached hydrogens (tertiary/aromatic N) is 2. The Morgan fingerprint density at radius 1 is 0.829 bits per heavy atom. The second-order valence-corrected chi connectivity index (χ2v) is 9.51. The number of methoxy groups -OCH3 is 3. The van der Waals surface area contributed by atoms with Crippen molar-refractivity contribution in [2.24, 2.45) is 0 Å². The number of amides is 1. The maximum Gasteiger partial charge on any atom is 0.227 e. The van der Waals surface area contributed by atoms with Crippen molar-refractivity contribution in [3.63, 3.8) is 0 Å². The van der Waals surface area contributed by atoms with Crippen molar-refractivity contribution in [1.29, 1.82) is 0 Å². The van der Waals surface area contributed by atoms with Crippen molar-refractivity contribution in [3.05, 3.63) is 71.8 Å². The van der Waals surface area contributed by atoms with Crippen LogP contribution in [0.5, 0.6) is 23.0 Å². The number of ketones is 1. The van der Waals surface area contributed by atoms with Crippen LogP contribution in [0.3, 0.4) is 0 Å². The smallest absolute Gasteiger partial charge is 0.227 e. The fraction of sp³-hybridized carbons (Fsp3) is 0.438. The highest BCUT2D eigenvalue weighted by molar-refractivity contribution is 6.13. The fourth-order valence-corrected chi connectivity index (χ4v) is 4.37. The normalized spacial score (nSPS) is 10.7. The number of benzene rings is 2. The summed E-state index contributed by atoms with van der Waals surface area (Å²) in [6, 6.07) is 6.68. The lowest BCUT2D eigenvalue weighted by molar-refractivity contribution is -0.131. The van der Waals surface area contributed by atoms with E-state index in [9.17, 15) is 9.59 Å². The van der Waals surface area contributed by atoms with Crippen LogP contribution >= 0.6 is 0 Å². The highest BCUT2D eigenvalue weighted by Gasteiger charge is 2.28. The molecule has 0 aliphatic heterocycles. The molecule has 0 aliphatic carbocycles. The van der Waals surface area contributed by atoms with Crippen molar-refractivity contribution in [1.82, 2.24) is 9.80 Å². The zero-order chi connectivity index (χ0) is 30.4. The number of carbonyl (C=O) groups excluding carboxylic acids is 2. The van der Waals surface area contributed by atoms with Gasteiger partial charge in [-0.3, -0.25) is 9.59 Å². The molecule has 0 heterocycles. The van der Waals surface area contributed by atoms with Crippen LogP contribution in [0.2, 0.25) is 0 Å². The van der Waals surface area contributed by atoms with Crippen molar-refractivity contribution in [3.8, 4) is 23.0 Å². The summed E-state index contributed by atoms with van der Waals surface area (Å²) in [7, 11) is 8.56. The van der Waals surface area contributed by atoms with E-state index >= 15 is 0 Å². The molecule has 0 N–H and O–H groups in total. The van der Waals surface area contributed by atoms with Gasteiger partial charge >= 0.3 is 0 Å². The first-order valence-electron chi connectivity index (χ1n) is 13.6. The Morgan fingerprint density at radius 3 is 2.05 bits per heavy atom. The molecule has 41 heavy (non-hydrogen) atoms. The average Bonchev–Trinajstić information content (AvgIpc) is 2.97. The molecule has 9 nitrogen and oxygen atoms in total. The molecule has 2 rings (SSSR count). The monoisotopic (exact) mass is 568 g/mol. The highest BCUT2D eigenvalue weighted by Crippen LogP contribution is 2.38. The van der Waals surface area contributed by atoms with Gasteiger partial charge in [-0.25, -0.2) is 0 Å². The summed E-state index contributed by atoms with van der Waals surface area (Å²) in [5.74, 6) is 1.32. The summed E-state index contributed by atoms with van der Waals surface area (Å²) < 4.78 is 28.1. The number of hydrogen-bond donors (Lipinski definition) is 0. The summed E-state index contributed by atoms with van der Waals surface area (Å²) in [6.45, 7) is 11.9. The van der Waals surface area contributed by atoms with E-state index in [4.69, 9.17) is 23.7 Å². The Labute approximate surface area is 244 Å². The summed E-state index contributed by atoms with van der Waals surface area (Å²) in [5, 5.41) is 0. The fourth-order valence-electron chi connectivity index (χ4n) is 4.37. The first-order valence-corrected chi connectivity index (χ1v) is 13.6. The predicted octanol–water partition coefficient (Wildman–Crippen LogP) is 4.21. The van der Waals surface area contributed by atoms with E-state index in [1.807, 2.05) is 25.9 Å². The maximum atomic E-state index is 14.2. The molecule has 2 aromatic rings. The predicted molar refractivity (Wildman–Crippen MR) is 161 cm³/mol. The van der Waals surface area contributed by atoms with E-state index in [2.05, 4.69) is 13.2 Å². The molecule has 0 radical (unpaired) electrons. The van der Waals surface area contributed by atoms with Crippen LogP contribution in [0.25, 0.3) is 0 Å². The molecular formula is C32H44N2O7. The third-order valence-electron chi connectivity index (χ3n) is 6.47. The Bertz CT molecular complexity index is 1190. The van der Waals surface area contributed by atoms with Gasteiger partial charge in [0.1, 0.15) is 24.7 Å². The molecule has 9 heteroatoms. The lowest BCUT2D eigenvalue weighted by atomic mass is 9.89. The molecule has 0 bridgehead atoms. The lowest BCUT2D eigenvalue weighted by Gasteiger charge is -2.26. The zero-order valence-corrected chi connectivity index (χ0v) is 25.3. The summed E-state index contributed by atoms with van der Waals surface area (Å²) in [6.07, 6.45) is 3.75. The quantitative estimate of drug-likeness (QED) is 0.184. The number of likely N-dealkylation sites (N-methyl/N-ethyl adjacent to an activating group) is 1. The molecule has 0 aliphatic rings. The zero-order valence-electron chi connectivity index (χ0n) is 25.3. The Morgan fingerprint density at radius 2 is 1.49 bits per heavy atom. The van der Waals surface area contributed by atoms with Crippen LogP contribution in [-0.2, 0) is 22.4 Å². The first-order chi connectivity index (χ1) is 19.8. The third kappa shape index (κ3) is 9.09. The van der Waals surface area contributed by atoms with Gasteiger partial charge in [0.05, 0.1) is 32.8 Å². The molecule has 0 unspecified atom stereocenters. The standard InChI is InChI=1S/C32H44N2O7/c1-9-17-40-27-22-29(41-18-10-2)31(32(36)23-12-13-26(38-7)28(20-23)39-8)25(24(27)11-3)21-30(35)34(16-19-37-6)15-14-33(4)5/h9-10,12-13,20,22H,1-2,11,14-19,21H2,3-8H3. The van der Waals surface area contributed by atoms with Gasteiger partial charge in [-0.1, -0.05) is 32.2 Å². The largest absolute Gasteiger partial charge is 0.493 e. The van der Waals surface area contributed by atoms with Gasteiger partial charge < -0.3 is 33.5 Å². The minimum absolute atomic E-state index is 0.0234. The minimum Gasteiger partial charge on any atom is -0.493 e. The van der Waals surface area contributed by atoms with E-state index in [1.165, 1.54) is 14.2 Å².